The average Bonchev–Trinajstić information content (AvgIpc) is 2.85. The van der Waals surface area contributed by atoms with Gasteiger partial charge in [0.2, 0.25) is 0 Å². The van der Waals surface area contributed by atoms with Gasteiger partial charge in [-0.1, -0.05) is 34.1 Å². The van der Waals surface area contributed by atoms with E-state index in [4.69, 9.17) is 5.10 Å². The Balaban J connectivity index is 2.66. The zero-order chi connectivity index (χ0) is 13.5. The van der Waals surface area contributed by atoms with E-state index in [9.17, 15) is 0 Å². The Labute approximate surface area is 112 Å². The van der Waals surface area contributed by atoms with Crippen molar-refractivity contribution in [3.8, 4) is 0 Å². The van der Waals surface area contributed by atoms with E-state index in [0.29, 0.717) is 18.0 Å². The van der Waals surface area contributed by atoms with Crippen LogP contribution < -0.4 is 5.32 Å². The highest BCUT2D eigenvalue weighted by molar-refractivity contribution is 5.02. The summed E-state index contributed by atoms with van der Waals surface area (Å²) in [7, 11) is 0. The van der Waals surface area contributed by atoms with E-state index < -0.39 is 0 Å². The molecule has 1 N–H and O–H groups in total. The van der Waals surface area contributed by atoms with Crippen LogP contribution in [0.1, 0.15) is 59.2 Å². The van der Waals surface area contributed by atoms with Crippen molar-refractivity contribution in [2.45, 2.75) is 66.0 Å². The van der Waals surface area contributed by atoms with Gasteiger partial charge in [0, 0.05) is 24.7 Å². The van der Waals surface area contributed by atoms with E-state index >= 15 is 0 Å². The molecule has 0 saturated heterocycles. The molecule has 0 aliphatic rings. The van der Waals surface area contributed by atoms with Crippen LogP contribution >= 0.6 is 0 Å². The van der Waals surface area contributed by atoms with Crippen molar-refractivity contribution in [1.82, 2.24) is 15.1 Å². The molecular weight excluding hydrogens is 222 g/mol. The first-order valence-electron chi connectivity index (χ1n) is 7.39. The molecule has 3 unspecified atom stereocenters. The zero-order valence-corrected chi connectivity index (χ0v) is 12.6. The summed E-state index contributed by atoms with van der Waals surface area (Å²) in [4.78, 5) is 0. The number of nitrogens with zero attached hydrogens (tertiary/aromatic N) is 2. The standard InChI is InChI=1S/C15H29N3/c1-6-12(4)15(16-8-3)11-14-9-10-18(17-14)13(5)7-2/h9-10,12-13,15-16H,6-8,11H2,1-5H3. The number of hydrogen-bond donors (Lipinski definition) is 1. The summed E-state index contributed by atoms with van der Waals surface area (Å²) in [6.45, 7) is 12.2. The van der Waals surface area contributed by atoms with Crippen molar-refractivity contribution >= 4 is 0 Å². The Kier molecular flexibility index (Phi) is 6.41. The Bertz CT molecular complexity index is 332. The minimum atomic E-state index is 0.500. The number of hydrogen-bond acceptors (Lipinski definition) is 2. The number of rotatable bonds is 8. The van der Waals surface area contributed by atoms with Crippen LogP contribution in [0.5, 0.6) is 0 Å². The lowest BCUT2D eigenvalue weighted by atomic mass is 9.95. The molecule has 1 aromatic heterocycles. The second-order valence-corrected chi connectivity index (χ2v) is 5.30. The summed E-state index contributed by atoms with van der Waals surface area (Å²) in [5.41, 5.74) is 1.21. The number of likely N-dealkylation sites (N-methyl/N-ethyl adjacent to an activating group) is 1. The van der Waals surface area contributed by atoms with Gasteiger partial charge < -0.3 is 5.32 Å². The highest BCUT2D eigenvalue weighted by Crippen LogP contribution is 2.14. The van der Waals surface area contributed by atoms with Gasteiger partial charge in [-0.2, -0.15) is 5.10 Å². The summed E-state index contributed by atoms with van der Waals surface area (Å²) in [6.07, 6.45) is 5.49. The molecule has 0 aliphatic carbocycles. The Morgan fingerprint density at radius 1 is 1.22 bits per heavy atom. The third-order valence-corrected chi connectivity index (χ3v) is 3.93. The lowest BCUT2D eigenvalue weighted by molar-refractivity contribution is 0.366. The SMILES string of the molecule is CCNC(Cc1ccn(C(C)CC)n1)C(C)CC. The fourth-order valence-corrected chi connectivity index (χ4v) is 2.17. The largest absolute Gasteiger partial charge is 0.314 e. The summed E-state index contributed by atoms with van der Waals surface area (Å²) in [5.74, 6) is 0.693. The Hall–Kier alpha value is -0.830. The van der Waals surface area contributed by atoms with E-state index in [-0.39, 0.29) is 0 Å². The fraction of sp³-hybridized carbons (Fsp3) is 0.800. The molecule has 1 heterocycles. The summed E-state index contributed by atoms with van der Waals surface area (Å²) >= 11 is 0. The van der Waals surface area contributed by atoms with Gasteiger partial charge in [-0.15, -0.1) is 0 Å². The van der Waals surface area contributed by atoms with Crippen LogP contribution in [0.15, 0.2) is 12.3 Å². The van der Waals surface area contributed by atoms with Crippen LogP contribution in [0.25, 0.3) is 0 Å². The van der Waals surface area contributed by atoms with Crippen LogP contribution in [-0.4, -0.2) is 22.4 Å². The molecule has 3 atom stereocenters. The molecule has 1 rings (SSSR count). The van der Waals surface area contributed by atoms with Gasteiger partial charge in [0.05, 0.1) is 5.69 Å². The highest BCUT2D eigenvalue weighted by Gasteiger charge is 2.16. The maximum absolute atomic E-state index is 4.70. The smallest absolute Gasteiger partial charge is 0.0640 e. The summed E-state index contributed by atoms with van der Waals surface area (Å²) < 4.78 is 2.09. The normalized spacial score (nSPS) is 16.5. The van der Waals surface area contributed by atoms with Crippen LogP contribution in [0.4, 0.5) is 0 Å². The molecule has 0 aromatic carbocycles. The first-order valence-corrected chi connectivity index (χ1v) is 7.39. The van der Waals surface area contributed by atoms with Crippen molar-refractivity contribution in [1.29, 1.82) is 0 Å². The third-order valence-electron chi connectivity index (χ3n) is 3.93. The topological polar surface area (TPSA) is 29.9 Å². The molecule has 0 aliphatic heterocycles. The Morgan fingerprint density at radius 2 is 1.94 bits per heavy atom. The van der Waals surface area contributed by atoms with E-state index in [1.807, 2.05) is 0 Å². The van der Waals surface area contributed by atoms with Gasteiger partial charge in [0.25, 0.3) is 0 Å². The van der Waals surface area contributed by atoms with E-state index in [1.54, 1.807) is 0 Å². The van der Waals surface area contributed by atoms with Crippen molar-refractivity contribution in [3.63, 3.8) is 0 Å². The van der Waals surface area contributed by atoms with Gasteiger partial charge in [0.15, 0.2) is 0 Å². The van der Waals surface area contributed by atoms with Crippen LogP contribution in [0, 0.1) is 5.92 Å². The molecular formula is C15H29N3. The first kappa shape index (κ1) is 15.2. The molecule has 0 saturated carbocycles. The van der Waals surface area contributed by atoms with Gasteiger partial charge >= 0.3 is 0 Å². The molecule has 0 fully saturated rings. The van der Waals surface area contributed by atoms with E-state index in [1.165, 1.54) is 12.1 Å². The Morgan fingerprint density at radius 3 is 2.50 bits per heavy atom. The van der Waals surface area contributed by atoms with Crippen LogP contribution in [0.3, 0.4) is 0 Å². The number of nitrogens with one attached hydrogen (secondary N) is 1. The highest BCUT2D eigenvalue weighted by atomic mass is 15.3. The second kappa shape index (κ2) is 7.57. The molecule has 0 amide bonds. The quantitative estimate of drug-likeness (QED) is 0.767. The van der Waals surface area contributed by atoms with Crippen LogP contribution in [-0.2, 0) is 6.42 Å². The molecule has 3 nitrogen and oxygen atoms in total. The van der Waals surface area contributed by atoms with Crippen LogP contribution in [0.2, 0.25) is 0 Å². The van der Waals surface area contributed by atoms with Crippen molar-refractivity contribution < 1.29 is 0 Å². The molecule has 0 bridgehead atoms. The maximum Gasteiger partial charge on any atom is 0.0640 e. The molecule has 104 valence electrons. The monoisotopic (exact) mass is 251 g/mol. The molecule has 3 heteroatoms. The summed E-state index contributed by atoms with van der Waals surface area (Å²) in [6, 6.07) is 3.21. The first-order chi connectivity index (χ1) is 8.62. The predicted molar refractivity (Wildman–Crippen MR) is 77.9 cm³/mol. The zero-order valence-electron chi connectivity index (χ0n) is 12.6. The van der Waals surface area contributed by atoms with Gasteiger partial charge in [0.1, 0.15) is 0 Å². The van der Waals surface area contributed by atoms with Crippen molar-refractivity contribution in [2.75, 3.05) is 6.54 Å². The van der Waals surface area contributed by atoms with E-state index in [2.05, 4.69) is 56.9 Å². The maximum atomic E-state index is 4.70. The number of aromatic nitrogens is 2. The van der Waals surface area contributed by atoms with Crippen molar-refractivity contribution in [3.05, 3.63) is 18.0 Å². The van der Waals surface area contributed by atoms with E-state index in [0.717, 1.165) is 19.4 Å². The third kappa shape index (κ3) is 4.13. The minimum Gasteiger partial charge on any atom is -0.314 e. The molecule has 1 aromatic rings. The van der Waals surface area contributed by atoms with Crippen molar-refractivity contribution in [2.24, 2.45) is 5.92 Å². The fourth-order valence-electron chi connectivity index (χ4n) is 2.17. The summed E-state index contributed by atoms with van der Waals surface area (Å²) in [5, 5.41) is 8.28. The average molecular weight is 251 g/mol. The second-order valence-electron chi connectivity index (χ2n) is 5.30. The van der Waals surface area contributed by atoms with Gasteiger partial charge in [-0.25, -0.2) is 0 Å². The lowest BCUT2D eigenvalue weighted by Crippen LogP contribution is -2.36. The molecule has 0 radical (unpaired) electrons. The minimum absolute atomic E-state index is 0.500. The lowest BCUT2D eigenvalue weighted by Gasteiger charge is -2.23. The van der Waals surface area contributed by atoms with Gasteiger partial charge in [-0.05, 0) is 31.9 Å². The molecule has 18 heavy (non-hydrogen) atoms. The molecule has 0 spiro atoms. The predicted octanol–water partition coefficient (Wildman–Crippen LogP) is 3.42. The van der Waals surface area contributed by atoms with Gasteiger partial charge in [-0.3, -0.25) is 4.68 Å².